The first-order valence-corrected chi connectivity index (χ1v) is 6.91. The highest BCUT2D eigenvalue weighted by Crippen LogP contribution is 2.32. The van der Waals surface area contributed by atoms with Gasteiger partial charge in [0.05, 0.1) is 19.4 Å². The van der Waals surface area contributed by atoms with Gasteiger partial charge in [-0.1, -0.05) is 6.07 Å². The Kier molecular flexibility index (Phi) is 3.33. The first kappa shape index (κ1) is 13.5. The molecule has 1 aliphatic carbocycles. The Hall–Kier alpha value is -2.43. The van der Waals surface area contributed by atoms with Gasteiger partial charge in [-0.3, -0.25) is 4.79 Å². The highest BCUT2D eigenvalue weighted by molar-refractivity contribution is 6.30. The Morgan fingerprint density at radius 3 is 2.86 bits per heavy atom. The van der Waals surface area contributed by atoms with Crippen molar-refractivity contribution in [1.29, 1.82) is 0 Å². The van der Waals surface area contributed by atoms with E-state index in [4.69, 9.17) is 4.74 Å². The molecule has 1 aromatic carbocycles. The number of carbonyl (C=O) groups is 2. The number of urea groups is 1. The summed E-state index contributed by atoms with van der Waals surface area (Å²) in [6.45, 7) is 2.99. The highest BCUT2D eigenvalue weighted by atomic mass is 16.5. The zero-order valence-corrected chi connectivity index (χ0v) is 12.0. The number of fused-ring (bicyclic) bond motifs is 1. The van der Waals surface area contributed by atoms with E-state index in [2.05, 4.69) is 4.99 Å². The molecule has 0 unspecified atom stereocenters. The maximum absolute atomic E-state index is 12.2. The van der Waals surface area contributed by atoms with E-state index < -0.39 is 0 Å². The van der Waals surface area contributed by atoms with Crippen molar-refractivity contribution in [3.63, 3.8) is 0 Å². The molecule has 1 aliphatic heterocycles. The van der Waals surface area contributed by atoms with Crippen LogP contribution in [0.4, 0.5) is 4.79 Å². The van der Waals surface area contributed by atoms with Crippen LogP contribution in [0.25, 0.3) is 5.57 Å². The van der Waals surface area contributed by atoms with Crippen LogP contribution in [0.1, 0.15) is 18.1 Å². The number of allylic oxidation sites excluding steroid dienone is 1. The van der Waals surface area contributed by atoms with Gasteiger partial charge in [0.1, 0.15) is 5.75 Å². The van der Waals surface area contributed by atoms with Gasteiger partial charge < -0.3 is 9.64 Å². The van der Waals surface area contributed by atoms with E-state index in [0.29, 0.717) is 36.5 Å². The molecule has 21 heavy (non-hydrogen) atoms. The predicted molar refractivity (Wildman–Crippen MR) is 79.8 cm³/mol. The molecule has 108 valence electrons. The molecule has 5 heteroatoms. The molecule has 0 fully saturated rings. The first-order valence-electron chi connectivity index (χ1n) is 6.91. The molecule has 1 heterocycles. The van der Waals surface area contributed by atoms with Crippen LogP contribution in [0.3, 0.4) is 0 Å². The molecule has 3 rings (SSSR count). The summed E-state index contributed by atoms with van der Waals surface area (Å²) in [7, 11) is 1.60. The van der Waals surface area contributed by atoms with E-state index in [1.807, 2.05) is 25.1 Å². The van der Waals surface area contributed by atoms with Gasteiger partial charge in [0.2, 0.25) is 0 Å². The fraction of sp³-hybridized carbons (Fsp3) is 0.312. The largest absolute Gasteiger partial charge is 0.497 e. The predicted octanol–water partition coefficient (Wildman–Crippen LogP) is 2.10. The third kappa shape index (κ3) is 2.35. The summed E-state index contributed by atoms with van der Waals surface area (Å²) in [5, 5.41) is 0. The number of Topliss-reactive ketones (excluding diaryl/α,β-unsaturated/α-hetero) is 1. The Labute approximate surface area is 122 Å². The van der Waals surface area contributed by atoms with Crippen molar-refractivity contribution in [2.45, 2.75) is 13.3 Å². The first-order chi connectivity index (χ1) is 10.1. The SMILES string of the molecule is CCN1CC(/C=C2\C(=O)Cc3ccc(OC)cc32)=NC1=O. The number of methoxy groups -OCH3 is 1. The summed E-state index contributed by atoms with van der Waals surface area (Å²) in [5.41, 5.74) is 3.13. The maximum atomic E-state index is 12.2. The normalized spacial score (nSPS) is 19.2. The summed E-state index contributed by atoms with van der Waals surface area (Å²) in [4.78, 5) is 29.4. The van der Waals surface area contributed by atoms with Crippen molar-refractivity contribution in [3.8, 4) is 5.75 Å². The van der Waals surface area contributed by atoms with Gasteiger partial charge in [0.25, 0.3) is 0 Å². The molecule has 0 bridgehead atoms. The minimum absolute atomic E-state index is 0.0587. The Bertz CT molecular complexity index is 689. The molecule has 2 amide bonds. The third-order valence-corrected chi connectivity index (χ3v) is 3.81. The molecule has 0 aromatic heterocycles. The second-order valence-corrected chi connectivity index (χ2v) is 5.08. The monoisotopic (exact) mass is 284 g/mol. The molecule has 0 N–H and O–H groups in total. The lowest BCUT2D eigenvalue weighted by Gasteiger charge is -2.09. The molecule has 1 aromatic rings. The Morgan fingerprint density at radius 1 is 1.38 bits per heavy atom. The van der Waals surface area contributed by atoms with Gasteiger partial charge in [0.15, 0.2) is 5.78 Å². The number of benzene rings is 1. The molecule has 0 saturated heterocycles. The number of nitrogens with zero attached hydrogens (tertiary/aromatic N) is 2. The zero-order chi connectivity index (χ0) is 15.0. The highest BCUT2D eigenvalue weighted by Gasteiger charge is 2.27. The Morgan fingerprint density at radius 2 is 2.19 bits per heavy atom. The average molecular weight is 284 g/mol. The minimum atomic E-state index is -0.235. The number of aliphatic imine (C=N–C) groups is 1. The number of ketones is 1. The van der Waals surface area contributed by atoms with Crippen LogP contribution in [-0.4, -0.2) is 42.6 Å². The molecule has 2 aliphatic rings. The quantitative estimate of drug-likeness (QED) is 0.799. The van der Waals surface area contributed by atoms with Crippen LogP contribution in [0, 0.1) is 0 Å². The van der Waals surface area contributed by atoms with Crippen LogP contribution in [-0.2, 0) is 11.2 Å². The number of rotatable bonds is 3. The van der Waals surface area contributed by atoms with Crippen LogP contribution in [0.2, 0.25) is 0 Å². The van der Waals surface area contributed by atoms with Crippen molar-refractivity contribution in [1.82, 2.24) is 4.90 Å². The standard InChI is InChI=1S/C16H16N2O3/c1-3-18-9-11(17-16(18)20)7-14-13-8-12(21-2)5-4-10(13)6-15(14)19/h4-5,7-8H,3,6,9H2,1-2H3/b14-7-. The van der Waals surface area contributed by atoms with Gasteiger partial charge in [0, 0.05) is 18.5 Å². The summed E-state index contributed by atoms with van der Waals surface area (Å²) in [6.07, 6.45) is 2.13. The lowest BCUT2D eigenvalue weighted by atomic mass is 10.1. The van der Waals surface area contributed by atoms with Gasteiger partial charge in [-0.15, -0.1) is 0 Å². The lowest BCUT2D eigenvalue weighted by molar-refractivity contribution is -0.112. The summed E-state index contributed by atoms with van der Waals surface area (Å²) in [6, 6.07) is 5.39. The fourth-order valence-electron chi connectivity index (χ4n) is 2.65. The van der Waals surface area contributed by atoms with Crippen molar-refractivity contribution in [3.05, 3.63) is 35.4 Å². The van der Waals surface area contributed by atoms with E-state index in [-0.39, 0.29) is 11.8 Å². The number of carbonyl (C=O) groups excluding carboxylic acids is 2. The fourth-order valence-corrected chi connectivity index (χ4v) is 2.65. The molecular formula is C16H16N2O3. The zero-order valence-electron chi connectivity index (χ0n) is 12.0. The van der Waals surface area contributed by atoms with E-state index in [9.17, 15) is 9.59 Å². The minimum Gasteiger partial charge on any atom is -0.497 e. The van der Waals surface area contributed by atoms with Crippen molar-refractivity contribution in [2.75, 3.05) is 20.2 Å². The van der Waals surface area contributed by atoms with E-state index in [1.165, 1.54) is 0 Å². The smallest absolute Gasteiger partial charge is 0.344 e. The third-order valence-electron chi connectivity index (χ3n) is 3.81. The topological polar surface area (TPSA) is 59.0 Å². The molecule has 0 spiro atoms. The number of amides is 2. The Balaban J connectivity index is 1.97. The van der Waals surface area contributed by atoms with Gasteiger partial charge in [-0.2, -0.15) is 4.99 Å². The van der Waals surface area contributed by atoms with E-state index >= 15 is 0 Å². The van der Waals surface area contributed by atoms with Crippen LogP contribution < -0.4 is 4.74 Å². The summed E-state index contributed by atoms with van der Waals surface area (Å²) < 4.78 is 5.21. The number of hydrogen-bond donors (Lipinski definition) is 0. The second kappa shape index (κ2) is 5.16. The van der Waals surface area contributed by atoms with Crippen LogP contribution in [0.15, 0.2) is 29.3 Å². The lowest BCUT2D eigenvalue weighted by Crippen LogP contribution is -2.25. The molecule has 0 saturated carbocycles. The molecule has 0 atom stereocenters. The van der Waals surface area contributed by atoms with E-state index in [1.54, 1.807) is 18.1 Å². The summed E-state index contributed by atoms with van der Waals surface area (Å²) in [5.74, 6) is 0.775. The number of hydrogen-bond acceptors (Lipinski definition) is 3. The average Bonchev–Trinajstić information content (AvgIpc) is 2.99. The summed E-state index contributed by atoms with van der Waals surface area (Å²) >= 11 is 0. The second-order valence-electron chi connectivity index (χ2n) is 5.08. The van der Waals surface area contributed by atoms with E-state index in [0.717, 1.165) is 11.1 Å². The van der Waals surface area contributed by atoms with Gasteiger partial charge in [-0.25, -0.2) is 4.79 Å². The van der Waals surface area contributed by atoms with Crippen molar-refractivity contribution in [2.24, 2.45) is 4.99 Å². The van der Waals surface area contributed by atoms with Gasteiger partial charge in [-0.05, 0) is 36.3 Å². The van der Waals surface area contributed by atoms with Crippen molar-refractivity contribution >= 4 is 23.1 Å². The van der Waals surface area contributed by atoms with Gasteiger partial charge >= 0.3 is 6.03 Å². The number of ether oxygens (including phenoxy) is 1. The van der Waals surface area contributed by atoms with Crippen molar-refractivity contribution < 1.29 is 14.3 Å². The molecule has 0 radical (unpaired) electrons. The molecule has 5 nitrogen and oxygen atoms in total. The maximum Gasteiger partial charge on any atom is 0.344 e. The van der Waals surface area contributed by atoms with Crippen LogP contribution in [0.5, 0.6) is 5.75 Å². The van der Waals surface area contributed by atoms with Crippen LogP contribution >= 0.6 is 0 Å². The molecular weight excluding hydrogens is 268 g/mol.